The molecule has 0 radical (unpaired) electrons. The molecule has 1 amide bonds. The second kappa shape index (κ2) is 9.32. The third-order valence-corrected chi connectivity index (χ3v) is 4.84. The number of amides is 1. The number of benzene rings is 2. The van der Waals surface area contributed by atoms with E-state index < -0.39 is 12.1 Å². The van der Waals surface area contributed by atoms with Crippen molar-refractivity contribution in [2.75, 3.05) is 13.0 Å². The molecule has 0 bridgehead atoms. The van der Waals surface area contributed by atoms with Crippen LogP contribution in [0.5, 0.6) is 11.5 Å². The Morgan fingerprint density at radius 2 is 1.93 bits per heavy atom. The molecule has 0 aliphatic carbocycles. The molecule has 28 heavy (non-hydrogen) atoms. The molecule has 0 aromatic heterocycles. The van der Waals surface area contributed by atoms with Crippen molar-refractivity contribution >= 4 is 29.7 Å². The number of hydrogen-bond acceptors (Lipinski definition) is 6. The van der Waals surface area contributed by atoms with Gasteiger partial charge in [-0.1, -0.05) is 18.2 Å². The van der Waals surface area contributed by atoms with E-state index in [4.69, 9.17) is 14.2 Å². The van der Waals surface area contributed by atoms with Gasteiger partial charge in [0.05, 0.1) is 0 Å². The maximum absolute atomic E-state index is 12.2. The first kappa shape index (κ1) is 19.8. The molecule has 1 aliphatic rings. The molecule has 0 saturated carbocycles. The fourth-order valence-corrected chi connectivity index (χ4v) is 2.94. The highest BCUT2D eigenvalue weighted by Gasteiger charge is 2.17. The zero-order chi connectivity index (χ0) is 19.9. The number of ether oxygens (including phenoxy) is 3. The summed E-state index contributed by atoms with van der Waals surface area (Å²) in [6.45, 7) is 2.04. The van der Waals surface area contributed by atoms with Gasteiger partial charge >= 0.3 is 5.97 Å². The lowest BCUT2D eigenvalue weighted by molar-refractivity contribution is -0.150. The van der Waals surface area contributed by atoms with Crippen LogP contribution in [0, 0.1) is 0 Å². The SMILES string of the molecule is CSc1ccc(/C=C/C(=O)O[C@@H](C)C(=O)NCc2ccc3c(c2)OCO3)cc1. The van der Waals surface area contributed by atoms with E-state index in [0.29, 0.717) is 18.0 Å². The van der Waals surface area contributed by atoms with E-state index >= 15 is 0 Å². The van der Waals surface area contributed by atoms with Crippen molar-refractivity contribution in [2.24, 2.45) is 0 Å². The molecule has 1 N–H and O–H groups in total. The van der Waals surface area contributed by atoms with Crippen molar-refractivity contribution in [1.82, 2.24) is 5.32 Å². The highest BCUT2D eigenvalue weighted by atomic mass is 32.2. The van der Waals surface area contributed by atoms with Gasteiger partial charge in [-0.2, -0.15) is 0 Å². The fourth-order valence-electron chi connectivity index (χ4n) is 2.53. The zero-order valence-corrected chi connectivity index (χ0v) is 16.5. The highest BCUT2D eigenvalue weighted by Crippen LogP contribution is 2.32. The molecule has 0 fully saturated rings. The van der Waals surface area contributed by atoms with Gasteiger partial charge in [0.15, 0.2) is 17.6 Å². The Kier molecular flexibility index (Phi) is 6.60. The average Bonchev–Trinajstić information content (AvgIpc) is 3.18. The van der Waals surface area contributed by atoms with Crippen LogP contribution in [-0.2, 0) is 20.9 Å². The lowest BCUT2D eigenvalue weighted by Gasteiger charge is -2.12. The Bertz CT molecular complexity index is 879. The fraction of sp³-hybridized carbons (Fsp3) is 0.238. The van der Waals surface area contributed by atoms with Crippen molar-refractivity contribution in [3.8, 4) is 11.5 Å². The van der Waals surface area contributed by atoms with E-state index in [1.165, 1.54) is 13.0 Å². The number of esters is 1. The van der Waals surface area contributed by atoms with Crippen LogP contribution < -0.4 is 14.8 Å². The van der Waals surface area contributed by atoms with Crippen molar-refractivity contribution in [1.29, 1.82) is 0 Å². The predicted molar refractivity (Wildman–Crippen MR) is 107 cm³/mol. The molecule has 0 saturated heterocycles. The molecule has 1 heterocycles. The summed E-state index contributed by atoms with van der Waals surface area (Å²) < 4.78 is 15.7. The van der Waals surface area contributed by atoms with E-state index in [2.05, 4.69) is 5.32 Å². The topological polar surface area (TPSA) is 73.9 Å². The first-order chi connectivity index (χ1) is 13.5. The largest absolute Gasteiger partial charge is 0.454 e. The lowest BCUT2D eigenvalue weighted by atomic mass is 10.2. The van der Waals surface area contributed by atoms with Crippen LogP contribution in [0.3, 0.4) is 0 Å². The van der Waals surface area contributed by atoms with Crippen molar-refractivity contribution < 1.29 is 23.8 Å². The monoisotopic (exact) mass is 399 g/mol. The smallest absolute Gasteiger partial charge is 0.331 e. The molecule has 7 heteroatoms. The minimum atomic E-state index is -0.898. The maximum atomic E-state index is 12.2. The lowest BCUT2D eigenvalue weighted by Crippen LogP contribution is -2.35. The minimum Gasteiger partial charge on any atom is -0.454 e. The number of thioether (sulfide) groups is 1. The van der Waals surface area contributed by atoms with Gasteiger partial charge in [0.2, 0.25) is 6.79 Å². The Morgan fingerprint density at radius 3 is 2.68 bits per heavy atom. The van der Waals surface area contributed by atoms with Crippen LogP contribution in [0.25, 0.3) is 6.08 Å². The molecule has 0 spiro atoms. The highest BCUT2D eigenvalue weighted by molar-refractivity contribution is 7.98. The zero-order valence-electron chi connectivity index (χ0n) is 15.6. The third kappa shape index (κ3) is 5.29. The summed E-state index contributed by atoms with van der Waals surface area (Å²) >= 11 is 1.65. The molecule has 0 unspecified atom stereocenters. The summed E-state index contributed by atoms with van der Waals surface area (Å²) in [7, 11) is 0. The van der Waals surface area contributed by atoms with E-state index in [-0.39, 0.29) is 12.7 Å². The van der Waals surface area contributed by atoms with Crippen LogP contribution in [0.1, 0.15) is 18.1 Å². The van der Waals surface area contributed by atoms with Gasteiger partial charge in [0.1, 0.15) is 0 Å². The van der Waals surface area contributed by atoms with Gasteiger partial charge in [-0.05, 0) is 54.6 Å². The number of carbonyl (C=O) groups excluding carboxylic acids is 2. The van der Waals surface area contributed by atoms with Gasteiger partial charge < -0.3 is 19.5 Å². The maximum Gasteiger partial charge on any atom is 0.331 e. The second-order valence-corrected chi connectivity index (χ2v) is 6.97. The van der Waals surface area contributed by atoms with Crippen LogP contribution in [0.15, 0.2) is 53.4 Å². The van der Waals surface area contributed by atoms with Gasteiger partial charge in [-0.15, -0.1) is 11.8 Å². The number of carbonyl (C=O) groups is 2. The molecule has 2 aromatic rings. The summed E-state index contributed by atoms with van der Waals surface area (Å²) in [5.74, 6) is 0.401. The normalized spacial score (nSPS) is 13.4. The second-order valence-electron chi connectivity index (χ2n) is 6.09. The average molecular weight is 399 g/mol. The Labute approximate surface area is 167 Å². The van der Waals surface area contributed by atoms with Gasteiger partial charge in [0.25, 0.3) is 5.91 Å². The third-order valence-electron chi connectivity index (χ3n) is 4.09. The van der Waals surface area contributed by atoms with Crippen LogP contribution >= 0.6 is 11.8 Å². The number of rotatable bonds is 7. The molecule has 1 atom stereocenters. The Balaban J connectivity index is 1.46. The summed E-state index contributed by atoms with van der Waals surface area (Å²) in [4.78, 5) is 25.2. The number of hydrogen-bond donors (Lipinski definition) is 1. The first-order valence-corrected chi connectivity index (χ1v) is 9.96. The minimum absolute atomic E-state index is 0.202. The number of nitrogens with one attached hydrogen (secondary N) is 1. The van der Waals surface area contributed by atoms with Gasteiger partial charge in [-0.3, -0.25) is 4.79 Å². The van der Waals surface area contributed by atoms with Crippen LogP contribution in [-0.4, -0.2) is 31.0 Å². The molecular formula is C21H21NO5S. The van der Waals surface area contributed by atoms with Crippen molar-refractivity contribution in [3.05, 3.63) is 59.7 Å². The van der Waals surface area contributed by atoms with E-state index in [9.17, 15) is 9.59 Å². The molecular weight excluding hydrogens is 378 g/mol. The molecule has 3 rings (SSSR count). The number of fused-ring (bicyclic) bond motifs is 1. The summed E-state index contributed by atoms with van der Waals surface area (Å²) in [5.41, 5.74) is 1.75. The summed E-state index contributed by atoms with van der Waals surface area (Å²) in [6, 6.07) is 13.2. The molecule has 2 aromatic carbocycles. The first-order valence-electron chi connectivity index (χ1n) is 8.74. The molecule has 1 aliphatic heterocycles. The van der Waals surface area contributed by atoms with Crippen LogP contribution in [0.4, 0.5) is 0 Å². The quantitative estimate of drug-likeness (QED) is 0.437. The van der Waals surface area contributed by atoms with Crippen LogP contribution in [0.2, 0.25) is 0 Å². The van der Waals surface area contributed by atoms with E-state index in [0.717, 1.165) is 16.0 Å². The van der Waals surface area contributed by atoms with Gasteiger partial charge in [0, 0.05) is 17.5 Å². The van der Waals surface area contributed by atoms with Crippen molar-refractivity contribution in [3.63, 3.8) is 0 Å². The molecule has 6 nitrogen and oxygen atoms in total. The Hall–Kier alpha value is -2.93. The standard InChI is InChI=1S/C21H21NO5S/c1-14(27-20(23)10-6-15-3-7-17(28-2)8-4-15)21(24)22-12-16-5-9-18-19(11-16)26-13-25-18/h3-11,14H,12-13H2,1-2H3,(H,22,24)/b10-6+/t14-/m0/s1. The van der Waals surface area contributed by atoms with Crippen molar-refractivity contribution in [2.45, 2.75) is 24.5 Å². The van der Waals surface area contributed by atoms with E-state index in [1.54, 1.807) is 23.9 Å². The summed E-state index contributed by atoms with van der Waals surface area (Å²) in [6.07, 6.45) is 4.07. The van der Waals surface area contributed by atoms with E-state index in [1.807, 2.05) is 42.7 Å². The van der Waals surface area contributed by atoms with Gasteiger partial charge in [-0.25, -0.2) is 4.79 Å². The predicted octanol–water partition coefficient (Wildman–Crippen LogP) is 3.40. The molecule has 146 valence electrons. The Morgan fingerprint density at radius 1 is 1.18 bits per heavy atom. The summed E-state index contributed by atoms with van der Waals surface area (Å²) in [5, 5.41) is 2.74.